The van der Waals surface area contributed by atoms with E-state index in [1.807, 2.05) is 16.8 Å². The summed E-state index contributed by atoms with van der Waals surface area (Å²) in [6.07, 6.45) is 0.669. The van der Waals surface area contributed by atoms with Gasteiger partial charge in [-0.15, -0.1) is 0 Å². The smallest absolute Gasteiger partial charge is 0.394 e. The molecule has 70 valence electrons. The van der Waals surface area contributed by atoms with Crippen LogP contribution in [0.25, 0.3) is 0 Å². The van der Waals surface area contributed by atoms with Gasteiger partial charge in [0.05, 0.1) is 0 Å². The minimum absolute atomic E-state index is 0.363. The molecule has 0 aromatic carbocycles. The lowest BCUT2D eigenvalue weighted by atomic mass is 10.2. The summed E-state index contributed by atoms with van der Waals surface area (Å²) in [6, 6.07) is 1.94. The van der Waals surface area contributed by atoms with Crippen LogP contribution in [0.5, 0.6) is 0 Å². The number of hydrogen-bond donors (Lipinski definition) is 2. The van der Waals surface area contributed by atoms with Gasteiger partial charge in [0.2, 0.25) is 0 Å². The molecule has 0 aliphatic carbocycles. The van der Waals surface area contributed by atoms with Gasteiger partial charge in [0, 0.05) is 6.54 Å². The standard InChI is InChI=1S/C8H9NO3S/c10-7(8(11)12)9-3-1-6-2-4-13-5-6/h2,4-5H,1,3H2,(H,9,10)(H,11,12). The van der Waals surface area contributed by atoms with E-state index in [-0.39, 0.29) is 0 Å². The number of hydrogen-bond acceptors (Lipinski definition) is 3. The van der Waals surface area contributed by atoms with Crippen molar-refractivity contribution in [3.05, 3.63) is 22.4 Å². The van der Waals surface area contributed by atoms with Gasteiger partial charge in [-0.3, -0.25) is 4.79 Å². The van der Waals surface area contributed by atoms with Crippen molar-refractivity contribution in [3.63, 3.8) is 0 Å². The highest BCUT2D eigenvalue weighted by atomic mass is 32.1. The normalized spacial score (nSPS) is 9.54. The van der Waals surface area contributed by atoms with Crippen molar-refractivity contribution < 1.29 is 14.7 Å². The number of carboxylic acids is 1. The molecular formula is C8H9NO3S. The minimum Gasteiger partial charge on any atom is -0.474 e. The molecule has 5 heteroatoms. The quantitative estimate of drug-likeness (QED) is 0.696. The average Bonchev–Trinajstić information content (AvgIpc) is 2.56. The Bertz CT molecular complexity index is 294. The van der Waals surface area contributed by atoms with Gasteiger partial charge in [-0.25, -0.2) is 4.79 Å². The minimum atomic E-state index is -1.44. The Morgan fingerprint density at radius 3 is 2.85 bits per heavy atom. The third-order valence-corrected chi connectivity index (χ3v) is 2.21. The van der Waals surface area contributed by atoms with Crippen LogP contribution in [-0.2, 0) is 16.0 Å². The third kappa shape index (κ3) is 3.25. The van der Waals surface area contributed by atoms with Crippen LogP contribution in [0, 0.1) is 0 Å². The van der Waals surface area contributed by atoms with Gasteiger partial charge >= 0.3 is 11.9 Å². The molecule has 1 heterocycles. The second kappa shape index (κ2) is 4.61. The van der Waals surface area contributed by atoms with Gasteiger partial charge < -0.3 is 10.4 Å². The van der Waals surface area contributed by atoms with Gasteiger partial charge in [0.15, 0.2) is 0 Å². The average molecular weight is 199 g/mol. The molecule has 0 atom stereocenters. The second-order valence-corrected chi connectivity index (χ2v) is 3.22. The van der Waals surface area contributed by atoms with Gasteiger partial charge in [-0.2, -0.15) is 11.3 Å². The Morgan fingerprint density at radius 1 is 1.54 bits per heavy atom. The molecule has 0 radical (unpaired) electrons. The largest absolute Gasteiger partial charge is 0.474 e. The number of carbonyl (C=O) groups is 2. The molecule has 13 heavy (non-hydrogen) atoms. The molecule has 0 saturated heterocycles. The van der Waals surface area contributed by atoms with E-state index in [4.69, 9.17) is 5.11 Å². The van der Waals surface area contributed by atoms with E-state index in [1.165, 1.54) is 0 Å². The van der Waals surface area contributed by atoms with Crippen LogP contribution >= 0.6 is 11.3 Å². The van der Waals surface area contributed by atoms with Crippen LogP contribution in [0.4, 0.5) is 0 Å². The molecular weight excluding hydrogens is 190 g/mol. The maximum absolute atomic E-state index is 10.6. The van der Waals surface area contributed by atoms with Crippen LogP contribution in [-0.4, -0.2) is 23.5 Å². The van der Waals surface area contributed by atoms with Gasteiger partial charge in [-0.05, 0) is 28.8 Å². The first kappa shape index (κ1) is 9.73. The number of rotatable bonds is 3. The Kier molecular flexibility index (Phi) is 3.45. The molecule has 1 amide bonds. The van der Waals surface area contributed by atoms with Crippen molar-refractivity contribution >= 4 is 23.2 Å². The Hall–Kier alpha value is -1.36. The topological polar surface area (TPSA) is 66.4 Å². The number of aliphatic carboxylic acids is 1. The SMILES string of the molecule is O=C(O)C(=O)NCCc1ccsc1. The highest BCUT2D eigenvalue weighted by molar-refractivity contribution is 7.07. The fourth-order valence-electron chi connectivity index (χ4n) is 0.831. The van der Waals surface area contributed by atoms with Crippen LogP contribution < -0.4 is 5.32 Å². The molecule has 0 bridgehead atoms. The fraction of sp³-hybridized carbons (Fsp3) is 0.250. The molecule has 0 fully saturated rings. The molecule has 2 N–H and O–H groups in total. The van der Waals surface area contributed by atoms with E-state index in [0.29, 0.717) is 13.0 Å². The summed E-state index contributed by atoms with van der Waals surface area (Å²) in [5.41, 5.74) is 1.11. The lowest BCUT2D eigenvalue weighted by Crippen LogP contribution is -2.32. The van der Waals surface area contributed by atoms with Crippen molar-refractivity contribution in [2.24, 2.45) is 0 Å². The number of amides is 1. The molecule has 1 aromatic rings. The van der Waals surface area contributed by atoms with Crippen molar-refractivity contribution in [3.8, 4) is 0 Å². The van der Waals surface area contributed by atoms with Gasteiger partial charge in [-0.1, -0.05) is 0 Å². The van der Waals surface area contributed by atoms with E-state index < -0.39 is 11.9 Å². The number of carbonyl (C=O) groups excluding carboxylic acids is 1. The molecule has 0 aliphatic rings. The number of carboxylic acid groups (broad SMARTS) is 1. The predicted molar refractivity (Wildman–Crippen MR) is 48.7 cm³/mol. The van der Waals surface area contributed by atoms with Crippen LogP contribution in [0.1, 0.15) is 5.56 Å². The van der Waals surface area contributed by atoms with Crippen molar-refractivity contribution in [2.45, 2.75) is 6.42 Å². The first-order valence-electron chi connectivity index (χ1n) is 3.72. The summed E-state index contributed by atoms with van der Waals surface area (Å²) in [4.78, 5) is 20.6. The van der Waals surface area contributed by atoms with Crippen LogP contribution in [0.2, 0.25) is 0 Å². The number of nitrogens with one attached hydrogen (secondary N) is 1. The van der Waals surface area contributed by atoms with E-state index in [0.717, 1.165) is 5.56 Å². The zero-order valence-corrected chi connectivity index (χ0v) is 7.63. The second-order valence-electron chi connectivity index (χ2n) is 2.44. The van der Waals surface area contributed by atoms with Crippen molar-refractivity contribution in [1.29, 1.82) is 0 Å². The maximum atomic E-state index is 10.6. The van der Waals surface area contributed by atoms with E-state index in [9.17, 15) is 9.59 Å². The van der Waals surface area contributed by atoms with Crippen molar-refractivity contribution in [2.75, 3.05) is 6.54 Å². The summed E-state index contributed by atoms with van der Waals surface area (Å²) < 4.78 is 0. The molecule has 0 unspecified atom stereocenters. The lowest BCUT2D eigenvalue weighted by molar-refractivity contribution is -0.150. The maximum Gasteiger partial charge on any atom is 0.394 e. The Morgan fingerprint density at radius 2 is 2.31 bits per heavy atom. The van der Waals surface area contributed by atoms with Crippen LogP contribution in [0.15, 0.2) is 16.8 Å². The molecule has 1 aromatic heterocycles. The Labute approximate surface area is 79.2 Å². The molecule has 0 saturated carbocycles. The molecule has 0 aliphatic heterocycles. The predicted octanol–water partition coefficient (Wildman–Crippen LogP) is 0.491. The van der Waals surface area contributed by atoms with Crippen LogP contribution in [0.3, 0.4) is 0 Å². The summed E-state index contributed by atoms with van der Waals surface area (Å²) in [6.45, 7) is 0.363. The first-order valence-corrected chi connectivity index (χ1v) is 4.66. The summed E-state index contributed by atoms with van der Waals surface area (Å²) in [7, 11) is 0. The first-order chi connectivity index (χ1) is 6.20. The third-order valence-electron chi connectivity index (χ3n) is 1.47. The summed E-state index contributed by atoms with van der Waals surface area (Å²) >= 11 is 1.58. The van der Waals surface area contributed by atoms with E-state index in [2.05, 4.69) is 5.32 Å². The monoisotopic (exact) mass is 199 g/mol. The van der Waals surface area contributed by atoms with Gasteiger partial charge in [0.25, 0.3) is 0 Å². The van der Waals surface area contributed by atoms with Gasteiger partial charge in [0.1, 0.15) is 0 Å². The van der Waals surface area contributed by atoms with Crippen molar-refractivity contribution in [1.82, 2.24) is 5.32 Å². The summed E-state index contributed by atoms with van der Waals surface area (Å²) in [5, 5.41) is 14.4. The Balaban J connectivity index is 2.22. The zero-order chi connectivity index (χ0) is 9.68. The van der Waals surface area contributed by atoms with E-state index in [1.54, 1.807) is 11.3 Å². The number of thiophene rings is 1. The highest BCUT2D eigenvalue weighted by Crippen LogP contribution is 2.05. The summed E-state index contributed by atoms with van der Waals surface area (Å²) in [5.74, 6) is -2.39. The lowest BCUT2D eigenvalue weighted by Gasteiger charge is -1.99. The van der Waals surface area contributed by atoms with E-state index >= 15 is 0 Å². The molecule has 4 nitrogen and oxygen atoms in total. The zero-order valence-electron chi connectivity index (χ0n) is 6.82. The molecule has 0 spiro atoms. The fourth-order valence-corrected chi connectivity index (χ4v) is 1.53. The molecule has 1 rings (SSSR count). The highest BCUT2D eigenvalue weighted by Gasteiger charge is 2.08.